The molecule has 0 bridgehead atoms. The molecule has 1 saturated heterocycles. The van der Waals surface area contributed by atoms with Crippen LogP contribution in [0.15, 0.2) is 103 Å². The summed E-state index contributed by atoms with van der Waals surface area (Å²) in [4.78, 5) is 28.1. The van der Waals surface area contributed by atoms with Crippen LogP contribution in [0.5, 0.6) is 28.7 Å². The first-order valence-corrected chi connectivity index (χ1v) is 12.3. The number of rotatable bonds is 5. The molecule has 0 aliphatic carbocycles. The van der Waals surface area contributed by atoms with Crippen molar-refractivity contribution in [3.8, 4) is 28.7 Å². The number of anilines is 1. The highest BCUT2D eigenvalue weighted by Gasteiger charge is 2.47. The Hall–Kier alpha value is -5.24. The van der Waals surface area contributed by atoms with E-state index in [1.165, 1.54) is 11.0 Å². The summed E-state index contributed by atoms with van der Waals surface area (Å²) in [5.74, 6) is -0.283. The van der Waals surface area contributed by atoms with Crippen LogP contribution in [0.2, 0.25) is 0 Å². The fourth-order valence-corrected chi connectivity index (χ4v) is 4.78. The number of aliphatic hydroxyl groups is 1. The molecule has 2 heterocycles. The Morgan fingerprint density at radius 1 is 0.795 bits per heavy atom. The first-order chi connectivity index (χ1) is 19.0. The molecule has 1 fully saturated rings. The third-order valence-corrected chi connectivity index (χ3v) is 6.55. The predicted octanol–water partition coefficient (Wildman–Crippen LogP) is 5.58. The zero-order chi connectivity index (χ0) is 26.9. The average Bonchev–Trinajstić information content (AvgIpc) is 3.23. The molecule has 39 heavy (non-hydrogen) atoms. The average molecular weight is 522 g/mol. The fraction of sp³-hybridized carbons (Fsp3) is 0.0968. The van der Waals surface area contributed by atoms with Crippen LogP contribution >= 0.6 is 0 Å². The monoisotopic (exact) mass is 521 g/mol. The Morgan fingerprint density at radius 3 is 2.31 bits per heavy atom. The predicted molar refractivity (Wildman–Crippen MR) is 143 cm³/mol. The fourth-order valence-electron chi connectivity index (χ4n) is 4.78. The third kappa shape index (κ3) is 4.42. The van der Waals surface area contributed by atoms with E-state index in [9.17, 15) is 19.8 Å². The zero-order valence-corrected chi connectivity index (χ0v) is 20.6. The van der Waals surface area contributed by atoms with Gasteiger partial charge in [-0.1, -0.05) is 42.5 Å². The molecule has 2 N–H and O–H groups in total. The van der Waals surface area contributed by atoms with Crippen LogP contribution < -0.4 is 19.1 Å². The molecule has 194 valence electrons. The van der Waals surface area contributed by atoms with E-state index in [-0.39, 0.29) is 28.3 Å². The molecule has 1 unspecified atom stereocenters. The Morgan fingerprint density at radius 2 is 1.51 bits per heavy atom. The van der Waals surface area contributed by atoms with Crippen LogP contribution in [-0.2, 0) is 9.59 Å². The van der Waals surface area contributed by atoms with Crippen LogP contribution in [0.3, 0.4) is 0 Å². The van der Waals surface area contributed by atoms with E-state index in [0.717, 1.165) is 0 Å². The van der Waals surface area contributed by atoms with Crippen molar-refractivity contribution >= 4 is 23.1 Å². The molecule has 0 radical (unpaired) electrons. The lowest BCUT2D eigenvalue weighted by Gasteiger charge is -2.26. The topological polar surface area (TPSA) is 106 Å². The Kier molecular flexibility index (Phi) is 6.13. The lowest BCUT2D eigenvalue weighted by atomic mass is 9.94. The van der Waals surface area contributed by atoms with Crippen molar-refractivity contribution < 1.29 is 34.0 Å². The highest BCUT2D eigenvalue weighted by Crippen LogP contribution is 2.46. The van der Waals surface area contributed by atoms with Gasteiger partial charge in [0, 0.05) is 5.56 Å². The number of carbonyl (C=O) groups excluding carboxylic acids is 2. The van der Waals surface area contributed by atoms with Crippen LogP contribution in [0.25, 0.3) is 5.76 Å². The molecule has 0 saturated carbocycles. The number of phenols is 1. The van der Waals surface area contributed by atoms with E-state index in [0.29, 0.717) is 41.8 Å². The minimum atomic E-state index is -1.05. The van der Waals surface area contributed by atoms with Gasteiger partial charge in [0.1, 0.15) is 36.2 Å². The van der Waals surface area contributed by atoms with E-state index >= 15 is 0 Å². The quantitative estimate of drug-likeness (QED) is 0.201. The number of ketones is 1. The van der Waals surface area contributed by atoms with Gasteiger partial charge in [0.25, 0.3) is 11.7 Å². The van der Waals surface area contributed by atoms with Crippen molar-refractivity contribution in [2.45, 2.75) is 6.04 Å². The number of para-hydroxylation sites is 3. The smallest absolute Gasteiger partial charge is 0.300 e. The minimum Gasteiger partial charge on any atom is -0.507 e. The lowest BCUT2D eigenvalue weighted by molar-refractivity contribution is -0.132. The first-order valence-electron chi connectivity index (χ1n) is 12.3. The van der Waals surface area contributed by atoms with Gasteiger partial charge < -0.3 is 24.4 Å². The molecule has 2 aliphatic rings. The SMILES string of the molecule is O=C1C(=O)N(c2ccccc2O)C(c2cccc(Oc3ccccc3)c2)/C1=C(/O)c1ccc2c(c1)OCCO2. The lowest BCUT2D eigenvalue weighted by Crippen LogP contribution is -2.29. The van der Waals surface area contributed by atoms with Gasteiger partial charge in [-0.15, -0.1) is 0 Å². The summed E-state index contributed by atoms with van der Waals surface area (Å²) in [6.45, 7) is 0.758. The number of aromatic hydroxyl groups is 1. The van der Waals surface area contributed by atoms with Crippen molar-refractivity contribution in [1.82, 2.24) is 0 Å². The van der Waals surface area contributed by atoms with Crippen molar-refractivity contribution in [3.05, 3.63) is 114 Å². The Bertz CT molecular complexity index is 1610. The molecule has 4 aromatic rings. The zero-order valence-electron chi connectivity index (χ0n) is 20.6. The number of nitrogens with zero attached hydrogens (tertiary/aromatic N) is 1. The summed E-state index contributed by atoms with van der Waals surface area (Å²) in [6.07, 6.45) is 0. The number of amides is 1. The van der Waals surface area contributed by atoms with E-state index in [2.05, 4.69) is 0 Å². The van der Waals surface area contributed by atoms with Crippen LogP contribution in [0.4, 0.5) is 5.69 Å². The van der Waals surface area contributed by atoms with Crippen molar-refractivity contribution in [1.29, 1.82) is 0 Å². The molecule has 1 amide bonds. The molecule has 8 heteroatoms. The van der Waals surface area contributed by atoms with Crippen LogP contribution in [-0.4, -0.2) is 35.1 Å². The number of phenolic OH excluding ortho intramolecular Hbond substituents is 1. The van der Waals surface area contributed by atoms with E-state index in [1.807, 2.05) is 30.3 Å². The van der Waals surface area contributed by atoms with Crippen molar-refractivity contribution in [2.24, 2.45) is 0 Å². The maximum Gasteiger partial charge on any atom is 0.300 e. The second-order valence-corrected chi connectivity index (χ2v) is 9.00. The molecule has 6 rings (SSSR count). The second-order valence-electron chi connectivity index (χ2n) is 9.00. The molecule has 2 aliphatic heterocycles. The first kappa shape index (κ1) is 24.1. The van der Waals surface area contributed by atoms with E-state index < -0.39 is 17.7 Å². The second kappa shape index (κ2) is 9.90. The summed E-state index contributed by atoms with van der Waals surface area (Å²) < 4.78 is 17.2. The largest absolute Gasteiger partial charge is 0.507 e. The highest BCUT2D eigenvalue weighted by atomic mass is 16.6. The summed E-state index contributed by atoms with van der Waals surface area (Å²) >= 11 is 0. The highest BCUT2D eigenvalue weighted by molar-refractivity contribution is 6.52. The summed E-state index contributed by atoms with van der Waals surface area (Å²) in [7, 11) is 0. The number of benzene rings is 4. The minimum absolute atomic E-state index is 0.128. The number of aliphatic hydroxyl groups excluding tert-OH is 1. The van der Waals surface area contributed by atoms with Crippen LogP contribution in [0, 0.1) is 0 Å². The van der Waals surface area contributed by atoms with Gasteiger partial charge in [0.05, 0.1) is 17.3 Å². The van der Waals surface area contributed by atoms with E-state index in [1.54, 1.807) is 60.7 Å². The van der Waals surface area contributed by atoms with Gasteiger partial charge in [0.15, 0.2) is 11.5 Å². The Labute approximate surface area is 223 Å². The third-order valence-electron chi connectivity index (χ3n) is 6.55. The molecule has 1 atom stereocenters. The normalized spacial score (nSPS) is 17.7. The van der Waals surface area contributed by atoms with Gasteiger partial charge in [-0.05, 0) is 60.2 Å². The summed E-state index contributed by atoms with van der Waals surface area (Å²) in [5.41, 5.74) is 0.804. The number of hydrogen-bond donors (Lipinski definition) is 2. The van der Waals surface area contributed by atoms with Gasteiger partial charge in [-0.3, -0.25) is 14.5 Å². The number of ether oxygens (including phenoxy) is 3. The molecular weight excluding hydrogens is 498 g/mol. The van der Waals surface area contributed by atoms with Crippen molar-refractivity contribution in [2.75, 3.05) is 18.1 Å². The van der Waals surface area contributed by atoms with Crippen molar-refractivity contribution in [3.63, 3.8) is 0 Å². The van der Waals surface area contributed by atoms with Gasteiger partial charge in [0.2, 0.25) is 0 Å². The van der Waals surface area contributed by atoms with Gasteiger partial charge >= 0.3 is 0 Å². The Balaban J connectivity index is 1.50. The van der Waals surface area contributed by atoms with Gasteiger partial charge in [-0.25, -0.2) is 0 Å². The van der Waals surface area contributed by atoms with Crippen LogP contribution in [0.1, 0.15) is 17.2 Å². The molecule has 0 spiro atoms. The molecular formula is C31H23NO7. The molecule has 4 aromatic carbocycles. The maximum absolute atomic E-state index is 13.5. The number of carbonyl (C=O) groups is 2. The maximum atomic E-state index is 13.5. The van der Waals surface area contributed by atoms with E-state index in [4.69, 9.17) is 14.2 Å². The number of Topliss-reactive ketones (excluding diaryl/α,β-unsaturated/α-hetero) is 1. The summed E-state index contributed by atoms with van der Waals surface area (Å²) in [5, 5.41) is 22.1. The van der Waals surface area contributed by atoms with Gasteiger partial charge in [-0.2, -0.15) is 0 Å². The number of fused-ring (bicyclic) bond motifs is 1. The number of hydrogen-bond acceptors (Lipinski definition) is 7. The molecule has 8 nitrogen and oxygen atoms in total. The standard InChI is InChI=1S/C31H23NO7/c33-24-12-5-4-11-23(24)32-28(19-7-6-10-22(17-19)39-21-8-2-1-3-9-21)27(30(35)31(32)36)29(34)20-13-14-25-26(18-20)38-16-15-37-25/h1-14,17-18,28,33-34H,15-16H2/b29-27-. The summed E-state index contributed by atoms with van der Waals surface area (Å²) in [6, 6.07) is 26.1. The molecule has 0 aromatic heterocycles.